The standard InChI is InChI=1S/C23H29BrN2O6/c1-4-31-22(30)16-17-21(29)26(8-5-9-27)19(23(17)11-14(24)18(16)32-23)20(28)25-15-10-12(2)6-7-13(15)3/h6-7,10,14,16-19,27H,4-5,8-9,11H2,1-3H3,(H,25,28)/t14?,16-,17+,18-,19-,23+/m1/s1. The molecule has 174 valence electrons. The average molecular weight is 509 g/mol. The van der Waals surface area contributed by atoms with E-state index in [9.17, 15) is 19.5 Å². The summed E-state index contributed by atoms with van der Waals surface area (Å²) in [6, 6.07) is 4.88. The van der Waals surface area contributed by atoms with Crippen molar-refractivity contribution in [3.63, 3.8) is 0 Å². The van der Waals surface area contributed by atoms with Gasteiger partial charge in [0.25, 0.3) is 0 Å². The van der Waals surface area contributed by atoms with Crippen LogP contribution in [-0.4, -0.2) is 70.1 Å². The van der Waals surface area contributed by atoms with Gasteiger partial charge in [-0.3, -0.25) is 14.4 Å². The highest BCUT2D eigenvalue weighted by Gasteiger charge is 2.76. The van der Waals surface area contributed by atoms with Crippen LogP contribution in [0.15, 0.2) is 18.2 Å². The number of esters is 1. The molecule has 32 heavy (non-hydrogen) atoms. The molecule has 0 aromatic heterocycles. The third kappa shape index (κ3) is 3.54. The zero-order valence-corrected chi connectivity index (χ0v) is 20.1. The molecule has 3 saturated heterocycles. The second kappa shape index (κ2) is 8.76. The van der Waals surface area contributed by atoms with Crippen LogP contribution in [0.2, 0.25) is 0 Å². The van der Waals surface area contributed by atoms with Crippen LogP contribution in [0.25, 0.3) is 0 Å². The molecule has 1 aromatic carbocycles. The first-order chi connectivity index (χ1) is 15.2. The number of carbonyl (C=O) groups is 3. The van der Waals surface area contributed by atoms with Crippen molar-refractivity contribution in [3.05, 3.63) is 29.3 Å². The highest BCUT2D eigenvalue weighted by atomic mass is 79.9. The van der Waals surface area contributed by atoms with E-state index in [4.69, 9.17) is 9.47 Å². The van der Waals surface area contributed by atoms with Gasteiger partial charge in [0, 0.05) is 23.7 Å². The van der Waals surface area contributed by atoms with Crippen LogP contribution in [0.5, 0.6) is 0 Å². The number of anilines is 1. The van der Waals surface area contributed by atoms with Crippen LogP contribution < -0.4 is 5.32 Å². The molecule has 3 heterocycles. The number of likely N-dealkylation sites (tertiary alicyclic amines) is 1. The number of alkyl halides is 1. The predicted molar refractivity (Wildman–Crippen MR) is 120 cm³/mol. The molecule has 4 rings (SSSR count). The van der Waals surface area contributed by atoms with Crippen molar-refractivity contribution in [3.8, 4) is 0 Å². The Bertz CT molecular complexity index is 939. The van der Waals surface area contributed by atoms with Gasteiger partial charge < -0.3 is 24.8 Å². The van der Waals surface area contributed by atoms with Crippen molar-refractivity contribution in [1.29, 1.82) is 0 Å². The lowest BCUT2D eigenvalue weighted by molar-refractivity contribution is -0.154. The molecule has 1 unspecified atom stereocenters. The van der Waals surface area contributed by atoms with Crippen molar-refractivity contribution in [2.24, 2.45) is 11.8 Å². The molecule has 0 radical (unpaired) electrons. The first-order valence-electron chi connectivity index (χ1n) is 11.0. The van der Waals surface area contributed by atoms with E-state index in [1.165, 1.54) is 4.90 Å². The van der Waals surface area contributed by atoms with E-state index >= 15 is 0 Å². The highest BCUT2D eigenvalue weighted by molar-refractivity contribution is 9.09. The predicted octanol–water partition coefficient (Wildman–Crippen LogP) is 1.94. The Morgan fingerprint density at radius 3 is 2.81 bits per heavy atom. The maximum Gasteiger partial charge on any atom is 0.312 e. The summed E-state index contributed by atoms with van der Waals surface area (Å²) in [5.41, 5.74) is 1.46. The molecular weight excluding hydrogens is 480 g/mol. The number of fused-ring (bicyclic) bond motifs is 1. The summed E-state index contributed by atoms with van der Waals surface area (Å²) in [4.78, 5) is 41.3. The zero-order valence-electron chi connectivity index (χ0n) is 18.5. The van der Waals surface area contributed by atoms with Crippen molar-refractivity contribution in [2.75, 3.05) is 25.1 Å². The number of nitrogens with zero attached hydrogens (tertiary/aromatic N) is 1. The fourth-order valence-corrected chi connectivity index (χ4v) is 6.43. The van der Waals surface area contributed by atoms with Gasteiger partial charge >= 0.3 is 5.97 Å². The van der Waals surface area contributed by atoms with E-state index in [1.54, 1.807) is 6.92 Å². The lowest BCUT2D eigenvalue weighted by Gasteiger charge is -2.34. The number of halogens is 1. The maximum atomic E-state index is 13.7. The summed E-state index contributed by atoms with van der Waals surface area (Å²) in [5, 5.41) is 12.4. The van der Waals surface area contributed by atoms with Gasteiger partial charge in [0.1, 0.15) is 11.6 Å². The molecule has 3 aliphatic heterocycles. The minimum Gasteiger partial charge on any atom is -0.466 e. The normalized spacial score (nSPS) is 32.8. The summed E-state index contributed by atoms with van der Waals surface area (Å²) >= 11 is 3.61. The number of carbonyl (C=O) groups excluding carboxylic acids is 3. The Morgan fingerprint density at radius 1 is 1.38 bits per heavy atom. The highest BCUT2D eigenvalue weighted by Crippen LogP contribution is 2.60. The first-order valence-corrected chi connectivity index (χ1v) is 11.9. The lowest BCUT2D eigenvalue weighted by Crippen LogP contribution is -2.54. The number of benzene rings is 1. The van der Waals surface area contributed by atoms with Crippen molar-refractivity contribution in [2.45, 2.75) is 56.2 Å². The van der Waals surface area contributed by atoms with E-state index in [-0.39, 0.29) is 36.4 Å². The van der Waals surface area contributed by atoms with E-state index in [0.717, 1.165) is 11.1 Å². The topological polar surface area (TPSA) is 105 Å². The van der Waals surface area contributed by atoms with Crippen molar-refractivity contribution < 1.29 is 29.0 Å². The van der Waals surface area contributed by atoms with Crippen molar-refractivity contribution >= 4 is 39.4 Å². The van der Waals surface area contributed by atoms with Crippen LogP contribution in [0, 0.1) is 25.7 Å². The number of hydrogen-bond acceptors (Lipinski definition) is 6. The number of aliphatic hydroxyl groups excluding tert-OH is 1. The lowest BCUT2D eigenvalue weighted by atomic mass is 9.70. The molecule has 2 N–H and O–H groups in total. The number of rotatable bonds is 7. The summed E-state index contributed by atoms with van der Waals surface area (Å²) < 4.78 is 11.6. The first kappa shape index (κ1) is 23.2. The Kier molecular flexibility index (Phi) is 6.35. The van der Waals surface area contributed by atoms with E-state index < -0.39 is 35.6 Å². The second-order valence-corrected chi connectivity index (χ2v) is 10.0. The molecule has 2 bridgehead atoms. The molecule has 2 amide bonds. The van der Waals surface area contributed by atoms with E-state index in [0.29, 0.717) is 18.5 Å². The molecule has 0 aliphatic carbocycles. The molecule has 1 aromatic rings. The molecule has 8 nitrogen and oxygen atoms in total. The summed E-state index contributed by atoms with van der Waals surface area (Å²) in [5.74, 6) is -2.67. The van der Waals surface area contributed by atoms with Gasteiger partial charge in [0.05, 0.1) is 24.5 Å². The fourth-order valence-electron chi connectivity index (χ4n) is 5.49. The monoisotopic (exact) mass is 508 g/mol. The molecule has 6 atom stereocenters. The molecule has 0 saturated carbocycles. The van der Waals surface area contributed by atoms with Crippen LogP contribution >= 0.6 is 15.9 Å². The third-order valence-electron chi connectivity index (χ3n) is 6.80. The smallest absolute Gasteiger partial charge is 0.312 e. The maximum absolute atomic E-state index is 13.7. The number of ether oxygens (including phenoxy) is 2. The van der Waals surface area contributed by atoms with E-state index in [1.807, 2.05) is 32.0 Å². The molecule has 1 spiro atoms. The fraction of sp³-hybridized carbons (Fsp3) is 0.609. The van der Waals surface area contributed by atoms with E-state index in [2.05, 4.69) is 21.2 Å². The Labute approximate surface area is 195 Å². The van der Waals surface area contributed by atoms with Crippen LogP contribution in [0.1, 0.15) is 30.9 Å². The van der Waals surface area contributed by atoms with Gasteiger partial charge in [0.2, 0.25) is 11.8 Å². The number of aryl methyl sites for hydroxylation is 2. The Balaban J connectivity index is 1.72. The van der Waals surface area contributed by atoms with Crippen LogP contribution in [0.3, 0.4) is 0 Å². The second-order valence-electron chi connectivity index (χ2n) is 8.83. The average Bonchev–Trinajstić information content (AvgIpc) is 3.32. The van der Waals surface area contributed by atoms with Crippen molar-refractivity contribution in [1.82, 2.24) is 4.90 Å². The van der Waals surface area contributed by atoms with Crippen LogP contribution in [0.4, 0.5) is 5.69 Å². The van der Waals surface area contributed by atoms with Gasteiger partial charge in [-0.25, -0.2) is 0 Å². The molecular formula is C23H29BrN2O6. The number of amides is 2. The Hall–Kier alpha value is -1.97. The zero-order chi connectivity index (χ0) is 23.2. The number of hydrogen-bond donors (Lipinski definition) is 2. The van der Waals surface area contributed by atoms with Crippen LogP contribution in [-0.2, 0) is 23.9 Å². The van der Waals surface area contributed by atoms with Gasteiger partial charge in [0.15, 0.2) is 0 Å². The molecule has 9 heteroatoms. The SMILES string of the molecule is CCOC(=O)[C@H]1[C@@H]2O[C@@]3(CC2Br)[C@@H]1C(=O)N(CCCO)[C@@H]3C(=O)Nc1cc(C)ccc1C. The number of nitrogens with one attached hydrogen (secondary N) is 1. The number of aliphatic hydroxyl groups is 1. The molecule has 3 aliphatic rings. The largest absolute Gasteiger partial charge is 0.466 e. The minimum absolute atomic E-state index is 0.112. The van der Waals surface area contributed by atoms with Gasteiger partial charge in [-0.2, -0.15) is 0 Å². The summed E-state index contributed by atoms with van der Waals surface area (Å²) in [6.45, 7) is 5.86. The summed E-state index contributed by atoms with van der Waals surface area (Å²) in [7, 11) is 0. The van der Waals surface area contributed by atoms with Gasteiger partial charge in [-0.15, -0.1) is 0 Å². The Morgan fingerprint density at radius 2 is 2.12 bits per heavy atom. The summed E-state index contributed by atoms with van der Waals surface area (Å²) in [6.07, 6.45) is 0.233. The third-order valence-corrected chi connectivity index (χ3v) is 7.65. The quantitative estimate of drug-likeness (QED) is 0.430. The van der Waals surface area contributed by atoms with Gasteiger partial charge in [-0.05, 0) is 50.8 Å². The minimum atomic E-state index is -1.12. The van der Waals surface area contributed by atoms with Gasteiger partial charge in [-0.1, -0.05) is 28.1 Å². The molecule has 3 fully saturated rings.